The van der Waals surface area contributed by atoms with Crippen molar-refractivity contribution >= 4 is 5.97 Å². The lowest BCUT2D eigenvalue weighted by molar-refractivity contribution is 0.0415. The van der Waals surface area contributed by atoms with Gasteiger partial charge in [-0.1, -0.05) is 0 Å². The van der Waals surface area contributed by atoms with Crippen molar-refractivity contribution in [3.8, 4) is 0 Å². The minimum Gasteiger partial charge on any atom is -0.463 e. The molecule has 0 aromatic carbocycles. The Morgan fingerprint density at radius 2 is 2.24 bits per heavy atom. The number of methoxy groups -OCH3 is 1. The number of aryl methyl sites for hydroxylation is 1. The summed E-state index contributed by atoms with van der Waals surface area (Å²) in [5.41, 5.74) is 0.799. The van der Waals surface area contributed by atoms with Crippen LogP contribution in [0, 0.1) is 12.8 Å². The Balaban J connectivity index is 2.12. The maximum Gasteiger partial charge on any atom is 0.374 e. The van der Waals surface area contributed by atoms with Gasteiger partial charge in [-0.15, -0.1) is 0 Å². The summed E-state index contributed by atoms with van der Waals surface area (Å²) in [4.78, 5) is 13.9. The highest BCUT2D eigenvalue weighted by Crippen LogP contribution is 2.30. The van der Waals surface area contributed by atoms with Crippen molar-refractivity contribution in [1.29, 1.82) is 0 Å². The number of aliphatic hydroxyl groups excluding tert-OH is 1. The molecule has 1 aliphatic heterocycles. The monoisotopic (exact) mass is 295 g/mol. The van der Waals surface area contributed by atoms with Crippen LogP contribution in [0.2, 0.25) is 0 Å². The number of hydrogen-bond acceptors (Lipinski definition) is 5. The Labute approximate surface area is 125 Å². The van der Waals surface area contributed by atoms with Gasteiger partial charge >= 0.3 is 5.97 Å². The standard InChI is InChI=1S/C16H25NO4/c1-10-8-14(21-15(10)16(19)20-4)11(2)17-7-5-6-13(9-17)12(3)18/h8,11-13,18H,5-7,9H2,1-4H3/t11-,12-,13-/m0/s1. The molecule has 21 heavy (non-hydrogen) atoms. The topological polar surface area (TPSA) is 62.9 Å². The molecule has 2 rings (SSSR count). The molecule has 1 saturated heterocycles. The second-order valence-corrected chi connectivity index (χ2v) is 5.97. The summed E-state index contributed by atoms with van der Waals surface area (Å²) < 4.78 is 10.4. The predicted octanol–water partition coefficient (Wildman–Crippen LogP) is 2.53. The van der Waals surface area contributed by atoms with Crippen LogP contribution in [0.4, 0.5) is 0 Å². The minimum atomic E-state index is -0.438. The molecule has 5 nitrogen and oxygen atoms in total. The lowest BCUT2D eigenvalue weighted by atomic mass is 9.92. The van der Waals surface area contributed by atoms with E-state index in [0.29, 0.717) is 5.92 Å². The third-order valence-electron chi connectivity index (χ3n) is 4.44. The van der Waals surface area contributed by atoms with Gasteiger partial charge in [-0.05, 0) is 52.1 Å². The van der Waals surface area contributed by atoms with Crippen LogP contribution in [0.3, 0.4) is 0 Å². The fourth-order valence-corrected chi connectivity index (χ4v) is 2.97. The SMILES string of the molecule is COC(=O)c1oc([C@H](C)N2CCC[C@H]([C@H](C)O)C2)cc1C. The molecule has 1 fully saturated rings. The van der Waals surface area contributed by atoms with Crippen LogP contribution in [0.1, 0.15) is 54.6 Å². The van der Waals surface area contributed by atoms with E-state index in [0.717, 1.165) is 37.3 Å². The van der Waals surface area contributed by atoms with Gasteiger partial charge in [0.2, 0.25) is 5.76 Å². The molecule has 1 aromatic rings. The summed E-state index contributed by atoms with van der Waals surface area (Å²) in [5, 5.41) is 9.79. The van der Waals surface area contributed by atoms with Gasteiger partial charge in [0, 0.05) is 12.1 Å². The zero-order chi connectivity index (χ0) is 15.6. The van der Waals surface area contributed by atoms with Crippen LogP contribution < -0.4 is 0 Å². The van der Waals surface area contributed by atoms with E-state index in [9.17, 15) is 9.90 Å². The molecule has 0 bridgehead atoms. The molecule has 0 radical (unpaired) electrons. The summed E-state index contributed by atoms with van der Waals surface area (Å²) in [5.74, 6) is 0.923. The maximum absolute atomic E-state index is 11.6. The zero-order valence-corrected chi connectivity index (χ0v) is 13.3. The highest BCUT2D eigenvalue weighted by Gasteiger charge is 2.29. The Hall–Kier alpha value is -1.33. The normalized spacial score (nSPS) is 22.8. The number of furan rings is 1. The molecule has 2 heterocycles. The van der Waals surface area contributed by atoms with Crippen LogP contribution >= 0.6 is 0 Å². The highest BCUT2D eigenvalue weighted by atomic mass is 16.5. The number of rotatable bonds is 4. The zero-order valence-electron chi connectivity index (χ0n) is 13.3. The summed E-state index contributed by atoms with van der Waals surface area (Å²) in [6.07, 6.45) is 1.85. The smallest absolute Gasteiger partial charge is 0.374 e. The van der Waals surface area contributed by atoms with Gasteiger partial charge in [-0.2, -0.15) is 0 Å². The van der Waals surface area contributed by atoms with E-state index in [1.54, 1.807) is 0 Å². The number of aliphatic hydroxyl groups is 1. The van der Waals surface area contributed by atoms with E-state index in [1.807, 2.05) is 19.9 Å². The van der Waals surface area contributed by atoms with E-state index in [4.69, 9.17) is 9.15 Å². The van der Waals surface area contributed by atoms with Crippen LogP contribution in [0.5, 0.6) is 0 Å². The highest BCUT2D eigenvalue weighted by molar-refractivity contribution is 5.87. The van der Waals surface area contributed by atoms with Gasteiger partial charge in [-0.3, -0.25) is 4.90 Å². The minimum absolute atomic E-state index is 0.0867. The second kappa shape index (κ2) is 6.62. The van der Waals surface area contributed by atoms with Crippen LogP contribution in [0.25, 0.3) is 0 Å². The molecule has 1 N–H and O–H groups in total. The number of carbonyl (C=O) groups excluding carboxylic acids is 1. The van der Waals surface area contributed by atoms with Gasteiger partial charge in [0.25, 0.3) is 0 Å². The molecular weight excluding hydrogens is 270 g/mol. The molecule has 0 aliphatic carbocycles. The average Bonchev–Trinajstić information content (AvgIpc) is 2.87. The van der Waals surface area contributed by atoms with Crippen molar-refractivity contribution in [2.45, 2.75) is 45.8 Å². The lowest BCUT2D eigenvalue weighted by Gasteiger charge is -2.37. The van der Waals surface area contributed by atoms with Crippen molar-refractivity contribution in [2.75, 3.05) is 20.2 Å². The molecule has 3 atom stereocenters. The number of piperidine rings is 1. The first-order valence-corrected chi connectivity index (χ1v) is 7.54. The Morgan fingerprint density at radius 1 is 1.52 bits per heavy atom. The van der Waals surface area contributed by atoms with Crippen LogP contribution in [-0.2, 0) is 4.74 Å². The molecule has 0 unspecified atom stereocenters. The first-order chi connectivity index (χ1) is 9.93. The maximum atomic E-state index is 11.6. The second-order valence-electron chi connectivity index (χ2n) is 5.97. The molecule has 1 aromatic heterocycles. The van der Waals surface area contributed by atoms with E-state index in [2.05, 4.69) is 11.8 Å². The van der Waals surface area contributed by atoms with Crippen molar-refractivity contribution in [2.24, 2.45) is 5.92 Å². The quantitative estimate of drug-likeness (QED) is 0.865. The molecule has 5 heteroatoms. The molecular formula is C16H25NO4. The number of nitrogens with zero attached hydrogens (tertiary/aromatic N) is 1. The van der Waals surface area contributed by atoms with Gasteiger partial charge in [0.05, 0.1) is 19.3 Å². The first-order valence-electron chi connectivity index (χ1n) is 7.54. The largest absolute Gasteiger partial charge is 0.463 e. The molecule has 0 amide bonds. The molecule has 0 saturated carbocycles. The van der Waals surface area contributed by atoms with Crippen molar-refractivity contribution in [1.82, 2.24) is 4.90 Å². The predicted molar refractivity (Wildman–Crippen MR) is 79.2 cm³/mol. The third-order valence-corrected chi connectivity index (χ3v) is 4.44. The molecule has 118 valence electrons. The number of ether oxygens (including phenoxy) is 1. The van der Waals surface area contributed by atoms with Gasteiger partial charge in [0.1, 0.15) is 5.76 Å². The van der Waals surface area contributed by atoms with Crippen molar-refractivity contribution in [3.63, 3.8) is 0 Å². The number of likely N-dealkylation sites (tertiary alicyclic amines) is 1. The number of carbonyl (C=O) groups is 1. The van der Waals surface area contributed by atoms with Crippen LogP contribution in [0.15, 0.2) is 10.5 Å². The van der Waals surface area contributed by atoms with Crippen molar-refractivity contribution in [3.05, 3.63) is 23.2 Å². The number of esters is 1. The first kappa shape index (κ1) is 16.0. The third kappa shape index (κ3) is 3.47. The van der Waals surface area contributed by atoms with E-state index in [-0.39, 0.29) is 17.9 Å². The van der Waals surface area contributed by atoms with E-state index >= 15 is 0 Å². The number of hydrogen-bond donors (Lipinski definition) is 1. The van der Waals surface area contributed by atoms with Gasteiger partial charge < -0.3 is 14.3 Å². The fourth-order valence-electron chi connectivity index (χ4n) is 2.97. The Bertz CT molecular complexity index is 494. The van der Waals surface area contributed by atoms with Crippen molar-refractivity contribution < 1.29 is 19.1 Å². The summed E-state index contributed by atoms with van der Waals surface area (Å²) in [6, 6.07) is 1.99. The summed E-state index contributed by atoms with van der Waals surface area (Å²) in [6.45, 7) is 7.61. The van der Waals surface area contributed by atoms with E-state index < -0.39 is 5.97 Å². The van der Waals surface area contributed by atoms with E-state index in [1.165, 1.54) is 7.11 Å². The fraction of sp³-hybridized carbons (Fsp3) is 0.688. The lowest BCUT2D eigenvalue weighted by Crippen LogP contribution is -2.40. The average molecular weight is 295 g/mol. The summed E-state index contributed by atoms with van der Waals surface area (Å²) in [7, 11) is 1.35. The summed E-state index contributed by atoms with van der Waals surface area (Å²) >= 11 is 0. The molecule has 0 spiro atoms. The Kier molecular flexibility index (Phi) is 5.06. The molecule has 1 aliphatic rings. The van der Waals surface area contributed by atoms with Gasteiger partial charge in [-0.25, -0.2) is 4.79 Å². The van der Waals surface area contributed by atoms with Gasteiger partial charge in [0.15, 0.2) is 0 Å². The van der Waals surface area contributed by atoms with Crippen LogP contribution in [-0.4, -0.2) is 42.3 Å². The Morgan fingerprint density at radius 3 is 2.86 bits per heavy atom.